The standard InChI is InChI=1S/C11H18N2O/c1-4-9-6-10(13(3)7-9)11-5-8(2)12-14-11/h5,9-10H,4,6-7H2,1-3H3/t9-,10-/m0/s1. The lowest BCUT2D eigenvalue weighted by atomic mass is 10.0. The summed E-state index contributed by atoms with van der Waals surface area (Å²) in [6, 6.07) is 2.50. The molecule has 1 aromatic rings. The minimum atomic E-state index is 0.446. The van der Waals surface area contributed by atoms with E-state index in [1.54, 1.807) is 0 Å². The fraction of sp³-hybridized carbons (Fsp3) is 0.727. The molecular formula is C11H18N2O. The molecule has 0 amide bonds. The quantitative estimate of drug-likeness (QED) is 0.724. The fourth-order valence-corrected chi connectivity index (χ4v) is 2.27. The average molecular weight is 194 g/mol. The van der Waals surface area contributed by atoms with Crippen LogP contribution in [0.5, 0.6) is 0 Å². The highest BCUT2D eigenvalue weighted by Gasteiger charge is 2.31. The monoisotopic (exact) mass is 194 g/mol. The summed E-state index contributed by atoms with van der Waals surface area (Å²) < 4.78 is 5.32. The number of aryl methyl sites for hydroxylation is 1. The first-order valence-electron chi connectivity index (χ1n) is 5.34. The summed E-state index contributed by atoms with van der Waals surface area (Å²) in [6.45, 7) is 5.41. The molecule has 0 radical (unpaired) electrons. The first kappa shape index (κ1) is 9.71. The zero-order valence-electron chi connectivity index (χ0n) is 9.16. The van der Waals surface area contributed by atoms with Gasteiger partial charge < -0.3 is 4.52 Å². The van der Waals surface area contributed by atoms with Crippen molar-refractivity contribution >= 4 is 0 Å². The van der Waals surface area contributed by atoms with Gasteiger partial charge in [-0.2, -0.15) is 0 Å². The van der Waals surface area contributed by atoms with Crippen molar-refractivity contribution in [3.05, 3.63) is 17.5 Å². The highest BCUT2D eigenvalue weighted by atomic mass is 16.5. The molecule has 0 spiro atoms. The SMILES string of the molecule is CC[C@H]1C[C@@H](c2cc(C)no2)N(C)C1. The average Bonchev–Trinajstić information content (AvgIpc) is 2.71. The lowest BCUT2D eigenvalue weighted by molar-refractivity contribution is 0.250. The second-order valence-corrected chi connectivity index (χ2v) is 4.34. The van der Waals surface area contributed by atoms with E-state index in [1.807, 2.05) is 6.92 Å². The number of rotatable bonds is 2. The van der Waals surface area contributed by atoms with Gasteiger partial charge in [-0.3, -0.25) is 4.90 Å². The summed E-state index contributed by atoms with van der Waals surface area (Å²) in [5.74, 6) is 1.84. The van der Waals surface area contributed by atoms with Gasteiger partial charge in [-0.25, -0.2) is 0 Å². The summed E-state index contributed by atoms with van der Waals surface area (Å²) in [6.07, 6.45) is 2.47. The number of hydrogen-bond donors (Lipinski definition) is 0. The van der Waals surface area contributed by atoms with Gasteiger partial charge >= 0.3 is 0 Å². The normalized spacial score (nSPS) is 28.5. The molecule has 2 heterocycles. The van der Waals surface area contributed by atoms with Crippen LogP contribution < -0.4 is 0 Å². The van der Waals surface area contributed by atoms with Gasteiger partial charge in [0, 0.05) is 12.6 Å². The highest BCUT2D eigenvalue weighted by molar-refractivity contribution is 5.09. The van der Waals surface area contributed by atoms with E-state index in [1.165, 1.54) is 19.4 Å². The van der Waals surface area contributed by atoms with Crippen molar-refractivity contribution in [2.75, 3.05) is 13.6 Å². The molecule has 2 atom stereocenters. The smallest absolute Gasteiger partial charge is 0.154 e. The van der Waals surface area contributed by atoms with E-state index < -0.39 is 0 Å². The molecule has 1 aliphatic rings. The van der Waals surface area contributed by atoms with E-state index in [0.717, 1.165) is 17.4 Å². The molecule has 0 aliphatic carbocycles. The summed E-state index contributed by atoms with van der Waals surface area (Å²) in [7, 11) is 2.16. The zero-order chi connectivity index (χ0) is 10.1. The predicted octanol–water partition coefficient (Wildman–Crippen LogP) is 2.39. The van der Waals surface area contributed by atoms with Crippen molar-refractivity contribution in [2.45, 2.75) is 32.7 Å². The Morgan fingerprint density at radius 1 is 1.64 bits per heavy atom. The van der Waals surface area contributed by atoms with Crippen LogP contribution in [0.4, 0.5) is 0 Å². The van der Waals surface area contributed by atoms with Crippen LogP contribution in [0, 0.1) is 12.8 Å². The van der Waals surface area contributed by atoms with Crippen molar-refractivity contribution < 1.29 is 4.52 Å². The van der Waals surface area contributed by atoms with Gasteiger partial charge in [0.15, 0.2) is 5.76 Å². The van der Waals surface area contributed by atoms with E-state index in [-0.39, 0.29) is 0 Å². The topological polar surface area (TPSA) is 29.3 Å². The molecule has 3 nitrogen and oxygen atoms in total. The van der Waals surface area contributed by atoms with Gasteiger partial charge in [-0.15, -0.1) is 0 Å². The second-order valence-electron chi connectivity index (χ2n) is 4.34. The Morgan fingerprint density at radius 3 is 2.93 bits per heavy atom. The lowest BCUT2D eigenvalue weighted by Gasteiger charge is -2.15. The Hall–Kier alpha value is -0.830. The van der Waals surface area contributed by atoms with Crippen LogP contribution in [0.2, 0.25) is 0 Å². The molecule has 78 valence electrons. The summed E-state index contributed by atoms with van der Waals surface area (Å²) in [5, 5.41) is 3.94. The van der Waals surface area contributed by atoms with Crippen LogP contribution in [-0.2, 0) is 0 Å². The summed E-state index contributed by atoms with van der Waals surface area (Å²) >= 11 is 0. The summed E-state index contributed by atoms with van der Waals surface area (Å²) in [4.78, 5) is 2.37. The number of aromatic nitrogens is 1. The first-order chi connectivity index (χ1) is 6.70. The fourth-order valence-electron chi connectivity index (χ4n) is 2.27. The highest BCUT2D eigenvalue weighted by Crippen LogP contribution is 2.35. The van der Waals surface area contributed by atoms with Crippen LogP contribution in [0.15, 0.2) is 10.6 Å². The zero-order valence-corrected chi connectivity index (χ0v) is 9.16. The molecule has 0 unspecified atom stereocenters. The molecule has 3 heteroatoms. The molecule has 0 N–H and O–H groups in total. The Balaban J connectivity index is 2.12. The second kappa shape index (κ2) is 3.73. The third kappa shape index (κ3) is 1.69. The lowest BCUT2D eigenvalue weighted by Crippen LogP contribution is -2.17. The molecule has 1 fully saturated rings. The molecule has 2 rings (SSSR count). The molecule has 1 saturated heterocycles. The summed E-state index contributed by atoms with van der Waals surface area (Å²) in [5.41, 5.74) is 0.980. The number of nitrogens with zero attached hydrogens (tertiary/aromatic N) is 2. The minimum absolute atomic E-state index is 0.446. The predicted molar refractivity (Wildman–Crippen MR) is 55.0 cm³/mol. The number of hydrogen-bond acceptors (Lipinski definition) is 3. The van der Waals surface area contributed by atoms with Crippen molar-refractivity contribution in [1.82, 2.24) is 10.1 Å². The molecule has 1 aliphatic heterocycles. The Kier molecular flexibility index (Phi) is 2.59. The van der Waals surface area contributed by atoms with Crippen molar-refractivity contribution in [3.8, 4) is 0 Å². The Bertz CT molecular complexity index is 308. The third-order valence-electron chi connectivity index (χ3n) is 3.19. The minimum Gasteiger partial charge on any atom is -0.359 e. The largest absolute Gasteiger partial charge is 0.359 e. The van der Waals surface area contributed by atoms with Crippen LogP contribution in [0.1, 0.15) is 37.3 Å². The maximum atomic E-state index is 5.32. The van der Waals surface area contributed by atoms with Gasteiger partial charge in [0.25, 0.3) is 0 Å². The van der Waals surface area contributed by atoms with E-state index in [4.69, 9.17) is 4.52 Å². The van der Waals surface area contributed by atoms with Crippen molar-refractivity contribution in [2.24, 2.45) is 5.92 Å². The molecule has 1 aromatic heterocycles. The van der Waals surface area contributed by atoms with Crippen LogP contribution in [0.25, 0.3) is 0 Å². The molecule has 0 bridgehead atoms. The van der Waals surface area contributed by atoms with Gasteiger partial charge in [0.2, 0.25) is 0 Å². The maximum absolute atomic E-state index is 5.32. The van der Waals surface area contributed by atoms with Crippen LogP contribution in [0.3, 0.4) is 0 Å². The third-order valence-corrected chi connectivity index (χ3v) is 3.19. The van der Waals surface area contributed by atoms with Crippen molar-refractivity contribution in [1.29, 1.82) is 0 Å². The molecule has 14 heavy (non-hydrogen) atoms. The van der Waals surface area contributed by atoms with Gasteiger partial charge in [-0.05, 0) is 26.3 Å². The van der Waals surface area contributed by atoms with Crippen molar-refractivity contribution in [3.63, 3.8) is 0 Å². The number of likely N-dealkylation sites (tertiary alicyclic amines) is 1. The van der Waals surface area contributed by atoms with Gasteiger partial charge in [0.1, 0.15) is 0 Å². The maximum Gasteiger partial charge on any atom is 0.154 e. The Labute approximate surface area is 85.1 Å². The van der Waals surface area contributed by atoms with E-state index in [2.05, 4.69) is 30.1 Å². The van der Waals surface area contributed by atoms with Crippen LogP contribution in [-0.4, -0.2) is 23.6 Å². The van der Waals surface area contributed by atoms with E-state index >= 15 is 0 Å². The van der Waals surface area contributed by atoms with Crippen LogP contribution >= 0.6 is 0 Å². The molecular weight excluding hydrogens is 176 g/mol. The first-order valence-corrected chi connectivity index (χ1v) is 5.34. The van der Waals surface area contributed by atoms with Gasteiger partial charge in [-0.1, -0.05) is 18.5 Å². The molecule has 0 aromatic carbocycles. The Morgan fingerprint density at radius 2 is 2.43 bits per heavy atom. The van der Waals surface area contributed by atoms with E-state index in [0.29, 0.717) is 6.04 Å². The van der Waals surface area contributed by atoms with E-state index in [9.17, 15) is 0 Å². The van der Waals surface area contributed by atoms with Gasteiger partial charge in [0.05, 0.1) is 11.7 Å². The molecule has 0 saturated carbocycles.